The Morgan fingerprint density at radius 2 is 1.86 bits per heavy atom. The van der Waals surface area contributed by atoms with Crippen LogP contribution in [0.25, 0.3) is 10.8 Å². The Kier molecular flexibility index (Phi) is 4.21. The molecule has 0 unspecified atom stereocenters. The average Bonchev–Trinajstić information content (AvgIpc) is 2.55. The van der Waals surface area contributed by atoms with Crippen LogP contribution in [-0.4, -0.2) is 7.11 Å². The van der Waals surface area contributed by atoms with Gasteiger partial charge in [-0.1, -0.05) is 48.0 Å². The number of halogens is 1. The van der Waals surface area contributed by atoms with Crippen molar-refractivity contribution in [3.63, 3.8) is 0 Å². The highest BCUT2D eigenvalue weighted by Crippen LogP contribution is 2.29. The molecule has 0 heterocycles. The second kappa shape index (κ2) is 6.29. The lowest BCUT2D eigenvalue weighted by Crippen LogP contribution is -2.04. The molecule has 3 aromatic rings. The summed E-state index contributed by atoms with van der Waals surface area (Å²) in [7, 11) is 1.71. The van der Waals surface area contributed by atoms with E-state index in [1.54, 1.807) is 7.11 Å². The molecule has 3 heteroatoms. The minimum Gasteiger partial charge on any atom is -0.496 e. The van der Waals surface area contributed by atoms with Crippen molar-refractivity contribution in [3.05, 3.63) is 70.7 Å². The number of rotatable bonds is 4. The number of hydrogen-bond acceptors (Lipinski definition) is 2. The molecule has 0 aromatic heterocycles. The molecule has 0 aliphatic rings. The van der Waals surface area contributed by atoms with Gasteiger partial charge in [-0.25, -0.2) is 0 Å². The first-order chi connectivity index (χ1) is 10.7. The molecular formula is C19H18ClNO. The first-order valence-electron chi connectivity index (χ1n) is 7.23. The summed E-state index contributed by atoms with van der Waals surface area (Å²) in [5, 5.41) is 6.62. The van der Waals surface area contributed by atoms with E-state index in [-0.39, 0.29) is 0 Å². The Hall–Kier alpha value is -2.19. The van der Waals surface area contributed by atoms with Crippen molar-refractivity contribution < 1.29 is 4.74 Å². The highest BCUT2D eigenvalue weighted by molar-refractivity contribution is 6.30. The number of hydrogen-bond donors (Lipinski definition) is 1. The maximum absolute atomic E-state index is 6.09. The highest BCUT2D eigenvalue weighted by atomic mass is 35.5. The van der Waals surface area contributed by atoms with Gasteiger partial charge >= 0.3 is 0 Å². The molecule has 0 radical (unpaired) electrons. The van der Waals surface area contributed by atoms with E-state index in [2.05, 4.69) is 36.5 Å². The lowest BCUT2D eigenvalue weighted by Gasteiger charge is -2.15. The number of aryl methyl sites for hydroxylation is 1. The van der Waals surface area contributed by atoms with Crippen molar-refractivity contribution in [2.75, 3.05) is 12.4 Å². The van der Waals surface area contributed by atoms with Gasteiger partial charge in [0.2, 0.25) is 0 Å². The number of ether oxygens (including phenoxy) is 1. The molecule has 2 nitrogen and oxygen atoms in total. The molecule has 112 valence electrons. The first-order valence-corrected chi connectivity index (χ1v) is 7.61. The van der Waals surface area contributed by atoms with Crippen LogP contribution >= 0.6 is 11.6 Å². The zero-order valence-electron chi connectivity index (χ0n) is 12.7. The Morgan fingerprint density at radius 3 is 2.68 bits per heavy atom. The molecule has 3 rings (SSSR count). The summed E-state index contributed by atoms with van der Waals surface area (Å²) in [6, 6.07) is 18.3. The van der Waals surface area contributed by atoms with E-state index in [4.69, 9.17) is 16.3 Å². The lowest BCUT2D eigenvalue weighted by molar-refractivity contribution is 0.411. The largest absolute Gasteiger partial charge is 0.496 e. The van der Waals surface area contributed by atoms with Crippen LogP contribution in [0.3, 0.4) is 0 Å². The van der Waals surface area contributed by atoms with Gasteiger partial charge in [0.1, 0.15) is 5.75 Å². The summed E-state index contributed by atoms with van der Waals surface area (Å²) in [5.74, 6) is 0.894. The molecule has 0 fully saturated rings. The number of methoxy groups -OCH3 is 1. The number of benzene rings is 3. The number of nitrogens with one attached hydrogen (secondary N) is 1. The average molecular weight is 312 g/mol. The van der Waals surface area contributed by atoms with Gasteiger partial charge in [0.15, 0.2) is 0 Å². The molecule has 1 N–H and O–H groups in total. The lowest BCUT2D eigenvalue weighted by atomic mass is 10.0. The molecule has 3 aromatic carbocycles. The van der Waals surface area contributed by atoms with Gasteiger partial charge in [-0.3, -0.25) is 0 Å². The molecule has 0 aliphatic carbocycles. The van der Waals surface area contributed by atoms with Gasteiger partial charge in [-0.15, -0.1) is 0 Å². The Balaban J connectivity index is 1.97. The van der Waals surface area contributed by atoms with E-state index in [0.29, 0.717) is 6.54 Å². The molecule has 0 aliphatic heterocycles. The Bertz CT molecular complexity index is 814. The molecule has 0 amide bonds. The smallest absolute Gasteiger partial charge is 0.124 e. The van der Waals surface area contributed by atoms with Crippen molar-refractivity contribution in [1.29, 1.82) is 0 Å². The van der Waals surface area contributed by atoms with Crippen molar-refractivity contribution in [3.8, 4) is 5.75 Å². The molecule has 0 spiro atoms. The third-order valence-corrected chi connectivity index (χ3v) is 4.11. The second-order valence-electron chi connectivity index (χ2n) is 5.28. The van der Waals surface area contributed by atoms with Crippen molar-refractivity contribution in [2.45, 2.75) is 13.5 Å². The first kappa shape index (κ1) is 14.7. The molecule has 22 heavy (non-hydrogen) atoms. The van der Waals surface area contributed by atoms with Gasteiger partial charge in [0, 0.05) is 22.8 Å². The maximum atomic E-state index is 6.09. The Labute approximate surface area is 135 Å². The normalized spacial score (nSPS) is 10.7. The SMILES string of the molecule is COc1ccc2ccccc2c1CNc1cc(Cl)ccc1C. The van der Waals surface area contributed by atoms with Gasteiger partial charge in [-0.05, 0) is 41.5 Å². The zero-order valence-corrected chi connectivity index (χ0v) is 13.4. The topological polar surface area (TPSA) is 21.3 Å². The highest BCUT2D eigenvalue weighted by Gasteiger charge is 2.09. The van der Waals surface area contributed by atoms with Crippen LogP contribution in [0.2, 0.25) is 5.02 Å². The minimum absolute atomic E-state index is 0.686. The molecule has 0 saturated heterocycles. The van der Waals surface area contributed by atoms with Crippen LogP contribution in [0.5, 0.6) is 5.75 Å². The van der Waals surface area contributed by atoms with E-state index in [1.807, 2.05) is 30.3 Å². The zero-order chi connectivity index (χ0) is 15.5. The summed E-state index contributed by atoms with van der Waals surface area (Å²) >= 11 is 6.09. The fourth-order valence-electron chi connectivity index (χ4n) is 2.66. The fraction of sp³-hybridized carbons (Fsp3) is 0.158. The van der Waals surface area contributed by atoms with Crippen LogP contribution in [0.4, 0.5) is 5.69 Å². The van der Waals surface area contributed by atoms with Crippen LogP contribution in [-0.2, 0) is 6.54 Å². The van der Waals surface area contributed by atoms with Crippen LogP contribution in [0.15, 0.2) is 54.6 Å². The van der Waals surface area contributed by atoms with Gasteiger partial charge < -0.3 is 10.1 Å². The van der Waals surface area contributed by atoms with Crippen molar-refractivity contribution >= 4 is 28.1 Å². The summed E-state index contributed by atoms with van der Waals surface area (Å²) < 4.78 is 5.53. The predicted octanol–water partition coefficient (Wildman–Crippen LogP) is 5.42. The number of fused-ring (bicyclic) bond motifs is 1. The monoisotopic (exact) mass is 311 g/mol. The van der Waals surface area contributed by atoms with Crippen molar-refractivity contribution in [2.24, 2.45) is 0 Å². The van der Waals surface area contributed by atoms with Crippen LogP contribution in [0.1, 0.15) is 11.1 Å². The Morgan fingerprint density at radius 1 is 1.05 bits per heavy atom. The number of anilines is 1. The molecule has 0 saturated carbocycles. The molecule has 0 atom stereocenters. The predicted molar refractivity (Wildman–Crippen MR) is 94.0 cm³/mol. The summed E-state index contributed by atoms with van der Waals surface area (Å²) in [5.41, 5.74) is 3.37. The summed E-state index contributed by atoms with van der Waals surface area (Å²) in [6.07, 6.45) is 0. The molecular weight excluding hydrogens is 294 g/mol. The van der Waals surface area contributed by atoms with Crippen LogP contribution < -0.4 is 10.1 Å². The quantitative estimate of drug-likeness (QED) is 0.694. The fourth-order valence-corrected chi connectivity index (χ4v) is 2.83. The van der Waals surface area contributed by atoms with E-state index in [1.165, 1.54) is 16.3 Å². The third kappa shape index (κ3) is 2.88. The summed E-state index contributed by atoms with van der Waals surface area (Å²) in [4.78, 5) is 0. The van der Waals surface area contributed by atoms with E-state index in [9.17, 15) is 0 Å². The maximum Gasteiger partial charge on any atom is 0.124 e. The van der Waals surface area contributed by atoms with Crippen LogP contribution in [0, 0.1) is 6.92 Å². The summed E-state index contributed by atoms with van der Waals surface area (Å²) in [6.45, 7) is 2.75. The van der Waals surface area contributed by atoms with Gasteiger partial charge in [0.05, 0.1) is 7.11 Å². The van der Waals surface area contributed by atoms with Gasteiger partial charge in [-0.2, -0.15) is 0 Å². The van der Waals surface area contributed by atoms with Gasteiger partial charge in [0.25, 0.3) is 0 Å². The molecule has 0 bridgehead atoms. The van der Waals surface area contributed by atoms with Crippen molar-refractivity contribution in [1.82, 2.24) is 0 Å². The second-order valence-corrected chi connectivity index (χ2v) is 5.72. The van der Waals surface area contributed by atoms with E-state index in [0.717, 1.165) is 22.0 Å². The van der Waals surface area contributed by atoms with E-state index >= 15 is 0 Å². The minimum atomic E-state index is 0.686. The van der Waals surface area contributed by atoms with E-state index < -0.39 is 0 Å². The third-order valence-electron chi connectivity index (χ3n) is 3.87. The standard InChI is InChI=1S/C19H18ClNO/c1-13-7-9-15(20)11-18(13)21-12-17-16-6-4-3-5-14(16)8-10-19(17)22-2/h3-11,21H,12H2,1-2H3.